The van der Waals surface area contributed by atoms with Crippen molar-refractivity contribution in [3.8, 4) is 11.3 Å². The second-order valence-corrected chi connectivity index (χ2v) is 7.21. The fraction of sp³-hybridized carbons (Fsp3) is 0.250. The highest BCUT2D eigenvalue weighted by Gasteiger charge is 2.33. The van der Waals surface area contributed by atoms with Gasteiger partial charge in [-0.1, -0.05) is 6.07 Å². The van der Waals surface area contributed by atoms with Crippen LogP contribution in [0.4, 0.5) is 13.2 Å². The quantitative estimate of drug-likeness (QED) is 0.542. The molecule has 1 aliphatic rings. The van der Waals surface area contributed by atoms with Gasteiger partial charge in [0.1, 0.15) is 5.69 Å². The summed E-state index contributed by atoms with van der Waals surface area (Å²) in [7, 11) is 0. The fourth-order valence-corrected chi connectivity index (χ4v) is 3.67. The molecule has 5 rings (SSSR count). The molecule has 0 bridgehead atoms. The van der Waals surface area contributed by atoms with Crippen LogP contribution in [0, 0.1) is 0 Å². The molecule has 0 saturated carbocycles. The Morgan fingerprint density at radius 3 is 2.84 bits per heavy atom. The number of hydrogen-bond donors (Lipinski definition) is 1. The zero-order valence-electron chi connectivity index (χ0n) is 16.0. The second-order valence-electron chi connectivity index (χ2n) is 7.21. The highest BCUT2D eigenvalue weighted by atomic mass is 19.4. The summed E-state index contributed by atoms with van der Waals surface area (Å²) in [6.07, 6.45) is -0.279. The zero-order valence-corrected chi connectivity index (χ0v) is 16.0. The minimum atomic E-state index is -4.53. The van der Waals surface area contributed by atoms with E-state index in [1.807, 2.05) is 0 Å². The topological polar surface area (TPSA) is 90.0 Å². The van der Waals surface area contributed by atoms with Crippen LogP contribution in [-0.4, -0.2) is 35.3 Å². The number of aromatic nitrogens is 6. The number of halogens is 3. The molecule has 4 aromatic heterocycles. The maximum Gasteiger partial charge on any atom is 0.433 e. The first-order valence-electron chi connectivity index (χ1n) is 9.62. The number of fused-ring (bicyclic) bond motifs is 2. The first-order valence-corrected chi connectivity index (χ1v) is 9.62. The third-order valence-electron chi connectivity index (χ3n) is 5.13. The molecule has 8 nitrogen and oxygen atoms in total. The molecular formula is C20H16F3N7O. The Hall–Kier alpha value is -3.76. The van der Waals surface area contributed by atoms with E-state index in [0.29, 0.717) is 29.9 Å². The van der Waals surface area contributed by atoms with E-state index in [2.05, 4.69) is 25.5 Å². The summed E-state index contributed by atoms with van der Waals surface area (Å²) in [5, 5.41) is 11.5. The summed E-state index contributed by atoms with van der Waals surface area (Å²) in [5.41, 5.74) is 1.02. The molecule has 1 N–H and O–H groups in total. The number of pyridine rings is 2. The molecule has 1 aliphatic heterocycles. The van der Waals surface area contributed by atoms with E-state index in [0.717, 1.165) is 24.4 Å². The molecule has 0 saturated heterocycles. The van der Waals surface area contributed by atoms with Crippen molar-refractivity contribution in [3.05, 3.63) is 66.0 Å². The Bertz CT molecular complexity index is 1240. The molecule has 1 atom stereocenters. The second kappa shape index (κ2) is 7.18. The molecule has 31 heavy (non-hydrogen) atoms. The van der Waals surface area contributed by atoms with E-state index in [1.54, 1.807) is 35.1 Å². The Balaban J connectivity index is 1.42. The average Bonchev–Trinajstić information content (AvgIpc) is 3.38. The van der Waals surface area contributed by atoms with Crippen molar-refractivity contribution < 1.29 is 18.0 Å². The van der Waals surface area contributed by atoms with Gasteiger partial charge in [0.05, 0.1) is 17.4 Å². The Labute approximate surface area is 173 Å². The zero-order chi connectivity index (χ0) is 21.6. The smallest absolute Gasteiger partial charge is 0.341 e. The van der Waals surface area contributed by atoms with Crippen LogP contribution >= 0.6 is 0 Å². The van der Waals surface area contributed by atoms with Crippen LogP contribution in [0.2, 0.25) is 0 Å². The minimum Gasteiger partial charge on any atom is -0.341 e. The molecule has 5 heterocycles. The average molecular weight is 427 g/mol. The van der Waals surface area contributed by atoms with E-state index in [9.17, 15) is 18.0 Å². The summed E-state index contributed by atoms with van der Waals surface area (Å²) in [6.45, 7) is 0.617. The largest absolute Gasteiger partial charge is 0.433 e. The van der Waals surface area contributed by atoms with E-state index in [4.69, 9.17) is 0 Å². The van der Waals surface area contributed by atoms with Crippen molar-refractivity contribution in [1.29, 1.82) is 0 Å². The van der Waals surface area contributed by atoms with Gasteiger partial charge in [-0.15, -0.1) is 5.10 Å². The summed E-state index contributed by atoms with van der Waals surface area (Å²) in [4.78, 5) is 20.3. The number of hydrogen-bond acceptors (Lipinski definition) is 5. The van der Waals surface area contributed by atoms with Crippen LogP contribution in [0.3, 0.4) is 0 Å². The maximum absolute atomic E-state index is 13.0. The molecule has 4 aromatic rings. The van der Waals surface area contributed by atoms with Crippen LogP contribution < -0.4 is 5.32 Å². The molecule has 0 spiro atoms. The normalized spacial score (nSPS) is 16.3. The van der Waals surface area contributed by atoms with Crippen molar-refractivity contribution in [2.45, 2.75) is 31.6 Å². The van der Waals surface area contributed by atoms with Crippen LogP contribution in [-0.2, 0) is 12.7 Å². The number of alkyl halides is 3. The molecule has 11 heteroatoms. The van der Waals surface area contributed by atoms with Crippen molar-refractivity contribution in [3.63, 3.8) is 0 Å². The van der Waals surface area contributed by atoms with Crippen molar-refractivity contribution in [2.24, 2.45) is 0 Å². The third-order valence-corrected chi connectivity index (χ3v) is 5.13. The van der Waals surface area contributed by atoms with Gasteiger partial charge in [0.15, 0.2) is 5.65 Å². The lowest BCUT2D eigenvalue weighted by Gasteiger charge is -2.23. The van der Waals surface area contributed by atoms with Crippen molar-refractivity contribution >= 4 is 11.6 Å². The lowest BCUT2D eigenvalue weighted by molar-refractivity contribution is -0.141. The number of carbonyl (C=O) groups is 1. The van der Waals surface area contributed by atoms with Crippen molar-refractivity contribution in [2.75, 3.05) is 0 Å². The monoisotopic (exact) mass is 427 g/mol. The Morgan fingerprint density at radius 1 is 1.16 bits per heavy atom. The predicted octanol–water partition coefficient (Wildman–Crippen LogP) is 3.27. The molecule has 0 fully saturated rings. The van der Waals surface area contributed by atoms with Crippen LogP contribution in [0.25, 0.3) is 16.9 Å². The Morgan fingerprint density at radius 2 is 2.03 bits per heavy atom. The number of carbonyl (C=O) groups excluding carboxylic acids is 1. The first kappa shape index (κ1) is 19.2. The SMILES string of the molecule is O=C(NC1CCCn2nc(-c3ccnc(C(F)(F)F)c3)cc21)c1nc2ccccn2n1. The molecular weight excluding hydrogens is 411 g/mol. The van der Waals surface area contributed by atoms with Gasteiger partial charge in [-0.3, -0.25) is 14.5 Å². The summed E-state index contributed by atoms with van der Waals surface area (Å²) in [6, 6.07) is 9.15. The van der Waals surface area contributed by atoms with Gasteiger partial charge < -0.3 is 5.32 Å². The van der Waals surface area contributed by atoms with Gasteiger partial charge in [-0.2, -0.15) is 18.3 Å². The van der Waals surface area contributed by atoms with E-state index >= 15 is 0 Å². The number of rotatable bonds is 3. The first-order chi connectivity index (χ1) is 14.9. The molecule has 1 amide bonds. The summed E-state index contributed by atoms with van der Waals surface area (Å²) >= 11 is 0. The highest BCUT2D eigenvalue weighted by Crippen LogP contribution is 2.32. The molecule has 1 unspecified atom stereocenters. The lowest BCUT2D eigenvalue weighted by Crippen LogP contribution is -2.33. The van der Waals surface area contributed by atoms with E-state index in [1.165, 1.54) is 10.6 Å². The Kier molecular flexibility index (Phi) is 4.45. The van der Waals surface area contributed by atoms with Crippen LogP contribution in [0.15, 0.2) is 48.8 Å². The minimum absolute atomic E-state index is 0.0482. The number of amides is 1. The molecule has 0 aliphatic carbocycles. The van der Waals surface area contributed by atoms with Crippen LogP contribution in [0.1, 0.15) is 40.9 Å². The van der Waals surface area contributed by atoms with Gasteiger partial charge in [0.2, 0.25) is 5.82 Å². The number of nitrogens with zero attached hydrogens (tertiary/aromatic N) is 6. The molecule has 158 valence electrons. The summed E-state index contributed by atoms with van der Waals surface area (Å²) < 4.78 is 42.2. The lowest BCUT2D eigenvalue weighted by atomic mass is 10.0. The summed E-state index contributed by atoms with van der Waals surface area (Å²) in [5.74, 6) is -0.375. The number of nitrogens with one attached hydrogen (secondary N) is 1. The van der Waals surface area contributed by atoms with Gasteiger partial charge in [-0.25, -0.2) is 9.50 Å². The molecule has 0 aromatic carbocycles. The fourth-order valence-electron chi connectivity index (χ4n) is 3.67. The highest BCUT2D eigenvalue weighted by molar-refractivity contribution is 5.91. The standard InChI is InChI=1S/C20H16F3N7O/c21-20(22,23)16-10-12(6-7-24-16)14-11-15-13(4-3-9-29(15)27-14)25-19(31)18-26-17-5-1-2-8-30(17)28-18/h1-2,5-8,10-11,13H,3-4,9H2,(H,25,31). The van der Waals surface area contributed by atoms with E-state index < -0.39 is 17.8 Å². The van der Waals surface area contributed by atoms with Crippen molar-refractivity contribution in [1.82, 2.24) is 34.7 Å². The maximum atomic E-state index is 13.0. The van der Waals surface area contributed by atoms with E-state index in [-0.39, 0.29) is 11.9 Å². The number of aryl methyl sites for hydroxylation is 1. The van der Waals surface area contributed by atoms with Gasteiger partial charge in [0, 0.05) is 24.5 Å². The van der Waals surface area contributed by atoms with Gasteiger partial charge >= 0.3 is 6.18 Å². The van der Waals surface area contributed by atoms with Gasteiger partial charge in [0.25, 0.3) is 5.91 Å². The third kappa shape index (κ3) is 3.62. The van der Waals surface area contributed by atoms with Gasteiger partial charge in [-0.05, 0) is 43.2 Å². The molecule has 0 radical (unpaired) electrons. The predicted molar refractivity (Wildman–Crippen MR) is 103 cm³/mol. The van der Waals surface area contributed by atoms with Crippen LogP contribution in [0.5, 0.6) is 0 Å².